The second-order valence-corrected chi connectivity index (χ2v) is 8.65. The van der Waals surface area contributed by atoms with Crippen LogP contribution in [0.15, 0.2) is 58.9 Å². The molecule has 0 saturated carbocycles. The van der Waals surface area contributed by atoms with Crippen LogP contribution in [0.25, 0.3) is 0 Å². The van der Waals surface area contributed by atoms with Crippen molar-refractivity contribution in [1.82, 2.24) is 10.2 Å². The number of aromatic nitrogens is 2. The summed E-state index contributed by atoms with van der Waals surface area (Å²) >= 11 is 2.93. The van der Waals surface area contributed by atoms with Crippen molar-refractivity contribution in [3.63, 3.8) is 0 Å². The van der Waals surface area contributed by atoms with Gasteiger partial charge in [-0.2, -0.15) is 0 Å². The van der Waals surface area contributed by atoms with E-state index in [4.69, 9.17) is 0 Å². The first-order valence-corrected chi connectivity index (χ1v) is 10.6. The fourth-order valence-electron chi connectivity index (χ4n) is 3.25. The first-order valence-electron chi connectivity index (χ1n) is 8.85. The highest BCUT2D eigenvalue weighted by Gasteiger charge is 2.30. The predicted molar refractivity (Wildman–Crippen MR) is 111 cm³/mol. The Balaban J connectivity index is 1.33. The van der Waals surface area contributed by atoms with E-state index in [0.717, 1.165) is 21.6 Å². The average molecular weight is 397 g/mol. The topological polar surface area (TPSA) is 58.1 Å². The van der Waals surface area contributed by atoms with Crippen molar-refractivity contribution in [2.24, 2.45) is 0 Å². The van der Waals surface area contributed by atoms with E-state index in [9.17, 15) is 4.79 Å². The largest absolute Gasteiger partial charge is 0.356 e. The molecule has 7 heteroatoms. The summed E-state index contributed by atoms with van der Waals surface area (Å²) in [5.74, 6) is 0.484. The lowest BCUT2D eigenvalue weighted by molar-refractivity contribution is -0.116. The third kappa shape index (κ3) is 4.14. The molecular formula is C20H20N4OS2. The highest BCUT2D eigenvalue weighted by atomic mass is 32.2. The molecule has 2 heterocycles. The van der Waals surface area contributed by atoms with Crippen LogP contribution in [0.3, 0.4) is 0 Å². The summed E-state index contributed by atoms with van der Waals surface area (Å²) in [6.45, 7) is 2.81. The number of hydrogen-bond donors (Lipinski definition) is 1. The quantitative estimate of drug-likeness (QED) is 0.632. The van der Waals surface area contributed by atoms with Crippen LogP contribution in [0, 0.1) is 0 Å². The van der Waals surface area contributed by atoms with Crippen LogP contribution in [-0.4, -0.2) is 27.9 Å². The molecule has 0 spiro atoms. The first kappa shape index (κ1) is 18.0. The molecule has 0 bridgehead atoms. The predicted octanol–water partition coefficient (Wildman–Crippen LogP) is 4.22. The van der Waals surface area contributed by atoms with Crippen molar-refractivity contribution in [2.45, 2.75) is 30.3 Å². The van der Waals surface area contributed by atoms with E-state index in [-0.39, 0.29) is 11.9 Å². The van der Waals surface area contributed by atoms with E-state index in [0.29, 0.717) is 12.3 Å². The SMILES string of the molecule is C[C@H]1Cc2ccccc2N1C(=O)CSc1nnc(NCc2ccccc2)s1. The highest BCUT2D eigenvalue weighted by molar-refractivity contribution is 8.01. The summed E-state index contributed by atoms with van der Waals surface area (Å²) < 4.78 is 0.805. The minimum atomic E-state index is 0.117. The maximum atomic E-state index is 12.8. The standard InChI is InChI=1S/C20H20N4OS2/c1-14-11-16-9-5-6-10-17(16)24(14)18(25)13-26-20-23-22-19(27-20)21-12-15-7-3-2-4-8-15/h2-10,14H,11-13H2,1H3,(H,21,22)/t14-/m0/s1. The van der Waals surface area contributed by atoms with Gasteiger partial charge < -0.3 is 10.2 Å². The molecule has 1 aliphatic rings. The van der Waals surface area contributed by atoms with E-state index >= 15 is 0 Å². The lowest BCUT2D eigenvalue weighted by atomic mass is 10.1. The molecule has 5 nitrogen and oxygen atoms in total. The van der Waals surface area contributed by atoms with Gasteiger partial charge in [0.25, 0.3) is 0 Å². The fraction of sp³-hybridized carbons (Fsp3) is 0.250. The number of nitrogens with zero attached hydrogens (tertiary/aromatic N) is 3. The molecule has 0 aliphatic carbocycles. The van der Waals surface area contributed by atoms with Gasteiger partial charge in [-0.3, -0.25) is 4.79 Å². The Kier molecular flexibility index (Phi) is 5.40. The van der Waals surface area contributed by atoms with Crippen LogP contribution < -0.4 is 10.2 Å². The smallest absolute Gasteiger partial charge is 0.237 e. The lowest BCUT2D eigenvalue weighted by Gasteiger charge is -2.22. The third-order valence-electron chi connectivity index (χ3n) is 4.49. The van der Waals surface area contributed by atoms with Gasteiger partial charge in [0.05, 0.1) is 5.75 Å². The van der Waals surface area contributed by atoms with E-state index < -0.39 is 0 Å². The molecular weight excluding hydrogens is 376 g/mol. The Morgan fingerprint density at radius 1 is 1.19 bits per heavy atom. The first-order chi connectivity index (χ1) is 13.2. The maximum absolute atomic E-state index is 12.8. The van der Waals surface area contributed by atoms with Gasteiger partial charge in [-0.1, -0.05) is 71.6 Å². The molecule has 4 rings (SSSR count). The van der Waals surface area contributed by atoms with E-state index in [1.165, 1.54) is 34.2 Å². The van der Waals surface area contributed by atoms with Crippen LogP contribution in [0.4, 0.5) is 10.8 Å². The number of fused-ring (bicyclic) bond motifs is 1. The molecule has 27 heavy (non-hydrogen) atoms. The number of carbonyl (C=O) groups excluding carboxylic acids is 1. The molecule has 1 atom stereocenters. The molecule has 138 valence electrons. The van der Waals surface area contributed by atoms with E-state index in [1.54, 1.807) is 0 Å². The summed E-state index contributed by atoms with van der Waals surface area (Å²) in [6, 6.07) is 18.5. The van der Waals surface area contributed by atoms with Crippen LogP contribution in [0.2, 0.25) is 0 Å². The molecule has 1 aromatic heterocycles. The van der Waals surface area contributed by atoms with Crippen LogP contribution in [0.5, 0.6) is 0 Å². The van der Waals surface area contributed by atoms with Crippen molar-refractivity contribution in [3.8, 4) is 0 Å². The number of thioether (sulfide) groups is 1. The van der Waals surface area contributed by atoms with Gasteiger partial charge in [-0.05, 0) is 30.5 Å². The molecule has 3 aromatic rings. The number of rotatable bonds is 6. The van der Waals surface area contributed by atoms with E-state index in [1.807, 2.05) is 41.3 Å². The number of nitrogens with one attached hydrogen (secondary N) is 1. The molecule has 1 N–H and O–H groups in total. The van der Waals surface area contributed by atoms with Crippen molar-refractivity contribution < 1.29 is 4.79 Å². The Labute approximate surface area is 166 Å². The second-order valence-electron chi connectivity index (χ2n) is 6.45. The maximum Gasteiger partial charge on any atom is 0.237 e. The molecule has 2 aromatic carbocycles. The van der Waals surface area contributed by atoms with Gasteiger partial charge in [0.15, 0.2) is 4.34 Å². The van der Waals surface area contributed by atoms with Gasteiger partial charge in [0, 0.05) is 18.3 Å². The Hall–Kier alpha value is -2.38. The molecule has 0 fully saturated rings. The van der Waals surface area contributed by atoms with Crippen LogP contribution >= 0.6 is 23.1 Å². The zero-order valence-electron chi connectivity index (χ0n) is 15.0. The summed E-state index contributed by atoms with van der Waals surface area (Å²) in [5.41, 5.74) is 3.48. The molecule has 0 unspecified atom stereocenters. The van der Waals surface area contributed by atoms with Gasteiger partial charge in [-0.15, -0.1) is 10.2 Å². The summed E-state index contributed by atoms with van der Waals surface area (Å²) in [5, 5.41) is 12.4. The Morgan fingerprint density at radius 2 is 1.96 bits per heavy atom. The normalized spacial score (nSPS) is 15.6. The van der Waals surface area contributed by atoms with Gasteiger partial charge in [-0.25, -0.2) is 0 Å². The minimum Gasteiger partial charge on any atom is -0.356 e. The third-order valence-corrected chi connectivity index (χ3v) is 6.49. The minimum absolute atomic E-state index is 0.117. The average Bonchev–Trinajstić information content (AvgIpc) is 3.28. The van der Waals surface area contributed by atoms with Gasteiger partial charge in [0.1, 0.15) is 0 Å². The van der Waals surface area contributed by atoms with Crippen molar-refractivity contribution in [3.05, 3.63) is 65.7 Å². The molecule has 1 amide bonds. The van der Waals surface area contributed by atoms with Crippen LogP contribution in [-0.2, 0) is 17.8 Å². The number of para-hydroxylation sites is 1. The number of benzene rings is 2. The molecule has 0 saturated heterocycles. The van der Waals surface area contributed by atoms with E-state index in [2.05, 4.69) is 40.6 Å². The van der Waals surface area contributed by atoms with Gasteiger partial charge >= 0.3 is 0 Å². The number of hydrogen-bond acceptors (Lipinski definition) is 6. The lowest BCUT2D eigenvalue weighted by Crippen LogP contribution is -2.36. The monoisotopic (exact) mass is 396 g/mol. The second kappa shape index (κ2) is 8.10. The van der Waals surface area contributed by atoms with Crippen LogP contribution in [0.1, 0.15) is 18.1 Å². The Bertz CT molecular complexity index is 928. The molecule has 1 aliphatic heterocycles. The number of anilines is 2. The Morgan fingerprint density at radius 3 is 2.81 bits per heavy atom. The van der Waals surface area contributed by atoms with Gasteiger partial charge in [0.2, 0.25) is 11.0 Å². The number of carbonyl (C=O) groups is 1. The van der Waals surface area contributed by atoms with Crippen molar-refractivity contribution in [1.29, 1.82) is 0 Å². The zero-order chi connectivity index (χ0) is 18.6. The fourth-order valence-corrected chi connectivity index (χ4v) is 4.86. The molecule has 0 radical (unpaired) electrons. The number of amides is 1. The summed E-state index contributed by atoms with van der Waals surface area (Å²) in [6.07, 6.45) is 0.916. The highest BCUT2D eigenvalue weighted by Crippen LogP contribution is 2.33. The van der Waals surface area contributed by atoms with Crippen molar-refractivity contribution in [2.75, 3.05) is 16.0 Å². The summed E-state index contributed by atoms with van der Waals surface area (Å²) in [7, 11) is 0. The zero-order valence-corrected chi connectivity index (χ0v) is 16.6. The summed E-state index contributed by atoms with van der Waals surface area (Å²) in [4.78, 5) is 14.7. The van der Waals surface area contributed by atoms with Crippen molar-refractivity contribution >= 4 is 39.8 Å².